The van der Waals surface area contributed by atoms with Crippen LogP contribution in [0.2, 0.25) is 0 Å². The summed E-state index contributed by atoms with van der Waals surface area (Å²) in [4.78, 5) is 17.1. The molecule has 0 unspecified atom stereocenters. The Morgan fingerprint density at radius 1 is 1.53 bits per heavy atom. The number of nitrogens with zero attached hydrogens (tertiary/aromatic N) is 2. The summed E-state index contributed by atoms with van der Waals surface area (Å²) in [6, 6.07) is 1.45. The smallest absolute Gasteiger partial charge is 0.356 e. The van der Waals surface area contributed by atoms with Gasteiger partial charge >= 0.3 is 5.97 Å². The average molecular weight is 284 g/mol. The van der Waals surface area contributed by atoms with Gasteiger partial charge in [-0.1, -0.05) is 0 Å². The number of hydrogen-bond donors (Lipinski definition) is 3. The fourth-order valence-corrected chi connectivity index (χ4v) is 2.46. The summed E-state index contributed by atoms with van der Waals surface area (Å²) in [5.74, 6) is -1.12. The lowest BCUT2D eigenvalue weighted by Crippen LogP contribution is -2.26. The Bertz CT molecular complexity index is 660. The Hall–Kier alpha value is -2.13. The van der Waals surface area contributed by atoms with E-state index >= 15 is 0 Å². The van der Waals surface area contributed by atoms with Crippen molar-refractivity contribution in [3.63, 3.8) is 0 Å². The summed E-state index contributed by atoms with van der Waals surface area (Å²) < 4.78 is 27.4. The van der Waals surface area contributed by atoms with Crippen LogP contribution >= 0.6 is 0 Å². The molecule has 0 aliphatic carbocycles. The quantitative estimate of drug-likeness (QED) is 0.684. The van der Waals surface area contributed by atoms with E-state index < -0.39 is 16.0 Å². The van der Waals surface area contributed by atoms with Gasteiger partial charge in [0.15, 0.2) is 5.69 Å². The van der Waals surface area contributed by atoms with Crippen LogP contribution < -0.4 is 4.72 Å². The Balaban J connectivity index is 1.91. The number of carboxylic acids is 1. The molecular formula is C10H12N4O4S. The number of sulfonamides is 1. The van der Waals surface area contributed by atoms with E-state index in [1.807, 2.05) is 0 Å². The number of imidazole rings is 1. The van der Waals surface area contributed by atoms with Crippen molar-refractivity contribution >= 4 is 16.0 Å². The molecule has 0 saturated carbocycles. The fourth-order valence-electron chi connectivity index (χ4n) is 1.46. The lowest BCUT2D eigenvalue weighted by molar-refractivity contribution is 0.0691. The molecule has 19 heavy (non-hydrogen) atoms. The highest BCUT2D eigenvalue weighted by Crippen LogP contribution is 2.05. The van der Waals surface area contributed by atoms with Crippen molar-refractivity contribution in [1.82, 2.24) is 19.3 Å². The molecule has 0 atom stereocenters. The van der Waals surface area contributed by atoms with Gasteiger partial charge < -0.3 is 14.7 Å². The first kappa shape index (κ1) is 13.3. The maximum Gasteiger partial charge on any atom is 0.356 e. The Kier molecular flexibility index (Phi) is 3.67. The molecule has 0 saturated heterocycles. The maximum atomic E-state index is 11.7. The van der Waals surface area contributed by atoms with Gasteiger partial charge in [-0.05, 0) is 6.07 Å². The Labute approximate surface area is 109 Å². The van der Waals surface area contributed by atoms with Crippen LogP contribution in [0.4, 0.5) is 0 Å². The van der Waals surface area contributed by atoms with E-state index in [9.17, 15) is 13.2 Å². The van der Waals surface area contributed by atoms with Crippen molar-refractivity contribution in [3.8, 4) is 0 Å². The zero-order valence-corrected chi connectivity index (χ0v) is 10.6. The van der Waals surface area contributed by atoms with E-state index in [1.54, 1.807) is 0 Å². The van der Waals surface area contributed by atoms with Gasteiger partial charge in [0.05, 0.1) is 11.2 Å². The van der Waals surface area contributed by atoms with Gasteiger partial charge in [0.1, 0.15) is 0 Å². The first-order chi connectivity index (χ1) is 8.99. The number of aromatic amines is 1. The summed E-state index contributed by atoms with van der Waals surface area (Å²) in [6.45, 7) is 0.437. The van der Waals surface area contributed by atoms with Gasteiger partial charge in [0.2, 0.25) is 10.0 Å². The summed E-state index contributed by atoms with van der Waals surface area (Å²) in [7, 11) is -3.53. The maximum absolute atomic E-state index is 11.7. The van der Waals surface area contributed by atoms with Gasteiger partial charge in [-0.2, -0.15) is 0 Å². The predicted molar refractivity (Wildman–Crippen MR) is 65.2 cm³/mol. The number of aromatic carboxylic acids is 1. The molecular weight excluding hydrogens is 272 g/mol. The van der Waals surface area contributed by atoms with Crippen LogP contribution in [0.25, 0.3) is 0 Å². The van der Waals surface area contributed by atoms with Gasteiger partial charge in [-0.15, -0.1) is 0 Å². The minimum Gasteiger partial charge on any atom is -0.476 e. The molecule has 102 valence electrons. The molecule has 8 nitrogen and oxygen atoms in total. The summed E-state index contributed by atoms with van der Waals surface area (Å²) in [5, 5.41) is 8.69. The highest BCUT2D eigenvalue weighted by molar-refractivity contribution is 7.89. The van der Waals surface area contributed by atoms with Crippen LogP contribution in [0.5, 0.6) is 0 Å². The van der Waals surface area contributed by atoms with Crippen LogP contribution in [-0.2, 0) is 16.6 Å². The SMILES string of the molecule is O=C(O)c1cn(CCNS(=O)(=O)c2cc[nH]c2)cn1. The van der Waals surface area contributed by atoms with Crippen molar-refractivity contribution in [2.75, 3.05) is 6.54 Å². The molecule has 2 aromatic rings. The highest BCUT2D eigenvalue weighted by atomic mass is 32.2. The largest absolute Gasteiger partial charge is 0.476 e. The van der Waals surface area contributed by atoms with Crippen LogP contribution in [0.1, 0.15) is 10.5 Å². The predicted octanol–water partition coefficient (Wildman–Crippen LogP) is -0.112. The molecule has 3 N–H and O–H groups in total. The third kappa shape index (κ3) is 3.20. The van der Waals surface area contributed by atoms with E-state index in [-0.39, 0.29) is 17.1 Å². The molecule has 2 heterocycles. The second-order valence-electron chi connectivity index (χ2n) is 3.75. The number of H-pyrrole nitrogens is 1. The standard InChI is InChI=1S/C10H12N4O4S/c15-10(16)9-6-14(7-12-9)4-3-13-19(17,18)8-1-2-11-5-8/h1-2,5-7,11,13H,3-4H2,(H,15,16). The van der Waals surface area contributed by atoms with Crippen LogP contribution in [0.3, 0.4) is 0 Å². The minimum absolute atomic E-state index is 0.0755. The van der Waals surface area contributed by atoms with E-state index in [1.165, 1.54) is 35.6 Å². The van der Waals surface area contributed by atoms with Crippen molar-refractivity contribution < 1.29 is 18.3 Å². The van der Waals surface area contributed by atoms with Crippen LogP contribution in [0, 0.1) is 0 Å². The molecule has 0 bridgehead atoms. The van der Waals surface area contributed by atoms with Gasteiger partial charge in [-0.3, -0.25) is 0 Å². The number of carbonyl (C=O) groups is 1. The summed E-state index contributed by atoms with van der Waals surface area (Å²) >= 11 is 0. The van der Waals surface area contributed by atoms with E-state index in [4.69, 9.17) is 5.11 Å². The minimum atomic E-state index is -3.53. The van der Waals surface area contributed by atoms with Gasteiger partial charge in [-0.25, -0.2) is 22.9 Å². The van der Waals surface area contributed by atoms with Crippen molar-refractivity contribution in [2.45, 2.75) is 11.4 Å². The first-order valence-corrected chi connectivity index (χ1v) is 6.85. The number of aromatic nitrogens is 3. The third-order valence-corrected chi connectivity index (χ3v) is 3.85. The van der Waals surface area contributed by atoms with Gasteiger partial charge in [0, 0.05) is 31.7 Å². The van der Waals surface area contributed by atoms with Crippen molar-refractivity contribution in [1.29, 1.82) is 0 Å². The summed E-state index contributed by atoms with van der Waals surface area (Å²) in [5.41, 5.74) is -0.0755. The van der Waals surface area contributed by atoms with Crippen LogP contribution in [-0.4, -0.2) is 40.6 Å². The molecule has 0 spiro atoms. The van der Waals surface area contributed by atoms with E-state index in [0.717, 1.165) is 0 Å². The fraction of sp³-hybridized carbons (Fsp3) is 0.200. The van der Waals surface area contributed by atoms with Crippen molar-refractivity contribution in [3.05, 3.63) is 36.7 Å². The normalized spacial score (nSPS) is 11.6. The molecule has 0 amide bonds. The van der Waals surface area contributed by atoms with Crippen LogP contribution in [0.15, 0.2) is 35.9 Å². The monoisotopic (exact) mass is 284 g/mol. The topological polar surface area (TPSA) is 117 Å². The number of hydrogen-bond acceptors (Lipinski definition) is 4. The number of rotatable bonds is 6. The second-order valence-corrected chi connectivity index (χ2v) is 5.51. The Morgan fingerprint density at radius 3 is 2.89 bits per heavy atom. The first-order valence-electron chi connectivity index (χ1n) is 5.36. The number of nitrogens with one attached hydrogen (secondary N) is 2. The van der Waals surface area contributed by atoms with E-state index in [0.29, 0.717) is 6.54 Å². The zero-order valence-electron chi connectivity index (χ0n) is 9.78. The number of carboxylic acid groups (broad SMARTS) is 1. The van der Waals surface area contributed by atoms with E-state index in [2.05, 4.69) is 14.7 Å². The lowest BCUT2D eigenvalue weighted by Gasteiger charge is -2.05. The second kappa shape index (κ2) is 5.24. The molecule has 0 aromatic carbocycles. The van der Waals surface area contributed by atoms with Crippen molar-refractivity contribution in [2.24, 2.45) is 0 Å². The molecule has 0 aliphatic rings. The highest BCUT2D eigenvalue weighted by Gasteiger charge is 2.13. The molecule has 0 fully saturated rings. The summed E-state index contributed by atoms with van der Waals surface area (Å²) in [6.07, 6.45) is 5.58. The average Bonchev–Trinajstić information content (AvgIpc) is 3.00. The Morgan fingerprint density at radius 2 is 2.32 bits per heavy atom. The lowest BCUT2D eigenvalue weighted by atomic mass is 10.5. The molecule has 2 aromatic heterocycles. The molecule has 2 rings (SSSR count). The molecule has 9 heteroatoms. The molecule has 0 radical (unpaired) electrons. The zero-order chi connectivity index (χ0) is 13.9. The molecule has 0 aliphatic heterocycles. The third-order valence-electron chi connectivity index (χ3n) is 2.39. The van der Waals surface area contributed by atoms with Gasteiger partial charge in [0.25, 0.3) is 0 Å².